The number of anilines is 1. The maximum atomic E-state index is 14.2. The molecule has 4 amide bonds. The number of allylic oxidation sites excluding steroid dienone is 2. The zero-order valence-corrected chi connectivity index (χ0v) is 39.6. The molecule has 0 spiro atoms. The highest BCUT2D eigenvalue weighted by Crippen LogP contribution is 2.50. The molecule has 0 aliphatic carbocycles. The molecule has 1 aromatic carbocycles. The molecule has 19 heteroatoms. The number of amides is 4. The third-order valence-corrected chi connectivity index (χ3v) is 14.4. The first kappa shape index (κ1) is 50.2. The number of esters is 1. The van der Waals surface area contributed by atoms with E-state index in [1.54, 1.807) is 45.5 Å². The Morgan fingerprint density at radius 2 is 1.87 bits per heavy atom. The lowest BCUT2D eigenvalue weighted by molar-refractivity contribution is -0.329. The van der Waals surface area contributed by atoms with Crippen LogP contribution in [-0.2, 0) is 54.5 Å². The highest BCUT2D eigenvalue weighted by Gasteiger charge is 2.63. The standard InChI is InChI=1S/C42H65ClN4O12S2/c1-26-13-11-14-31(56-8)42(53)23-33(58-39(52)45-42)41(4)25-40(3,59-41)32(22-36(50)47(6)29-20-28(19-26)21-30(55-7)37(29)43)57-38(51)27(2)46(5)35(49)15-17-60-24-34(48)44-16-12-18-61(9,10)54/h13,20-21,27,31-33,53,61H,11-12,14-19,22-25H2,1-10H3,(H,44,48)(H,45,52)/b26-13+/t27-,31+,32-,33-,40+,41?,42-/m0/s1. The summed E-state index contributed by atoms with van der Waals surface area (Å²) in [7, 11) is 3.85. The second kappa shape index (κ2) is 20.8. The highest BCUT2D eigenvalue weighted by molar-refractivity contribution is 8.01. The van der Waals surface area contributed by atoms with Crippen molar-refractivity contribution >= 4 is 68.8 Å². The van der Waals surface area contributed by atoms with Crippen LogP contribution < -0.4 is 20.3 Å². The summed E-state index contributed by atoms with van der Waals surface area (Å²) in [6, 6.07) is 2.54. The lowest BCUT2D eigenvalue weighted by Crippen LogP contribution is -2.73. The van der Waals surface area contributed by atoms with Gasteiger partial charge in [0.1, 0.15) is 46.3 Å². The van der Waals surface area contributed by atoms with Crippen LogP contribution in [0.4, 0.5) is 10.5 Å². The van der Waals surface area contributed by atoms with Crippen LogP contribution in [0.2, 0.25) is 5.02 Å². The zero-order valence-electron chi connectivity index (χ0n) is 37.1. The van der Waals surface area contributed by atoms with Gasteiger partial charge in [0, 0.05) is 58.5 Å². The van der Waals surface area contributed by atoms with Gasteiger partial charge in [-0.1, -0.05) is 23.3 Å². The predicted octanol–water partition coefficient (Wildman–Crippen LogP) is 3.79. The molecule has 0 radical (unpaired) electrons. The van der Waals surface area contributed by atoms with Crippen molar-refractivity contribution in [1.82, 2.24) is 15.5 Å². The molecule has 4 aliphatic heterocycles. The highest BCUT2D eigenvalue weighted by atomic mass is 35.5. The number of carbonyl (C=O) groups excluding carboxylic acids is 5. The molecule has 4 aliphatic rings. The molecule has 6 bridgehead atoms. The largest absolute Gasteiger partial charge is 0.495 e. The molecular weight excluding hydrogens is 852 g/mol. The first-order valence-corrected chi connectivity index (χ1v) is 24.8. The molecule has 1 aromatic rings. The van der Waals surface area contributed by atoms with E-state index in [-0.39, 0.29) is 48.3 Å². The number of thiol groups is 1. The van der Waals surface area contributed by atoms with E-state index in [2.05, 4.69) is 10.6 Å². The van der Waals surface area contributed by atoms with E-state index < -0.39 is 69.2 Å². The number of benzene rings is 1. The number of likely N-dealkylation sites (N-methyl/N-ethyl adjacent to an activating group) is 1. The van der Waals surface area contributed by atoms with Crippen LogP contribution in [0.5, 0.6) is 5.75 Å². The summed E-state index contributed by atoms with van der Waals surface area (Å²) in [5, 5.41) is 17.4. The second-order valence-corrected chi connectivity index (χ2v) is 22.4. The lowest BCUT2D eigenvalue weighted by atomic mass is 9.72. The minimum atomic E-state index is -2.15. The Hall–Kier alpha value is -3.42. The van der Waals surface area contributed by atoms with E-state index >= 15 is 0 Å². The van der Waals surface area contributed by atoms with Crippen molar-refractivity contribution in [3.8, 4) is 5.75 Å². The summed E-state index contributed by atoms with van der Waals surface area (Å²) in [5.41, 5.74) is -2.05. The number of rotatable bonds is 14. The minimum Gasteiger partial charge on any atom is -0.495 e. The Labute approximate surface area is 369 Å². The number of alkyl carbamates (subject to hydrolysis) is 1. The summed E-state index contributed by atoms with van der Waals surface area (Å²) in [4.78, 5) is 69.2. The normalized spacial score (nSPS) is 28.8. The maximum absolute atomic E-state index is 14.2. The number of carbonyl (C=O) groups is 5. The molecule has 1 unspecified atom stereocenters. The molecule has 2 saturated heterocycles. The van der Waals surface area contributed by atoms with Gasteiger partial charge in [0.25, 0.3) is 0 Å². The Morgan fingerprint density at radius 1 is 1.18 bits per heavy atom. The first-order chi connectivity index (χ1) is 28.4. The molecule has 0 aromatic heterocycles. The number of nitrogens with one attached hydrogen (secondary N) is 2. The topological polar surface area (TPSA) is 199 Å². The van der Waals surface area contributed by atoms with Crippen molar-refractivity contribution in [1.29, 1.82) is 0 Å². The fraction of sp³-hybridized carbons (Fsp3) is 0.690. The number of hydrogen-bond donors (Lipinski definition) is 4. The van der Waals surface area contributed by atoms with Crippen LogP contribution >= 0.6 is 23.4 Å². The van der Waals surface area contributed by atoms with Gasteiger partial charge in [0.05, 0.1) is 25.0 Å². The number of halogens is 1. The number of aliphatic hydroxyl groups is 1. The van der Waals surface area contributed by atoms with Crippen LogP contribution in [0, 0.1) is 0 Å². The van der Waals surface area contributed by atoms with Gasteiger partial charge in [-0.05, 0) is 83.6 Å². The number of ether oxygens (including phenoxy) is 5. The molecule has 2 fully saturated rings. The van der Waals surface area contributed by atoms with Crippen molar-refractivity contribution in [2.75, 3.05) is 69.5 Å². The summed E-state index contributed by atoms with van der Waals surface area (Å²) < 4.78 is 41.6. The van der Waals surface area contributed by atoms with Gasteiger partial charge in [-0.2, -0.15) is 11.8 Å². The van der Waals surface area contributed by atoms with Crippen LogP contribution in [0.25, 0.3) is 0 Å². The van der Waals surface area contributed by atoms with Gasteiger partial charge >= 0.3 is 12.1 Å². The van der Waals surface area contributed by atoms with Crippen molar-refractivity contribution < 1.29 is 57.0 Å². The Bertz CT molecular complexity index is 1870. The van der Waals surface area contributed by atoms with E-state index in [9.17, 15) is 33.3 Å². The summed E-state index contributed by atoms with van der Waals surface area (Å²) >= 11 is 8.07. The van der Waals surface area contributed by atoms with Gasteiger partial charge in [-0.3, -0.25) is 23.9 Å². The summed E-state index contributed by atoms with van der Waals surface area (Å²) in [5.74, 6) is -0.374. The molecule has 7 atom stereocenters. The number of thioether (sulfide) groups is 1. The molecule has 344 valence electrons. The smallest absolute Gasteiger partial charge is 0.409 e. The van der Waals surface area contributed by atoms with Gasteiger partial charge < -0.3 is 43.9 Å². The summed E-state index contributed by atoms with van der Waals surface area (Å²) in [6.45, 7) is 7.33. The van der Waals surface area contributed by atoms with E-state index in [0.29, 0.717) is 55.2 Å². The fourth-order valence-corrected chi connectivity index (χ4v) is 10.1. The van der Waals surface area contributed by atoms with Crippen molar-refractivity contribution in [3.63, 3.8) is 0 Å². The van der Waals surface area contributed by atoms with E-state index in [0.717, 1.165) is 11.1 Å². The van der Waals surface area contributed by atoms with Crippen molar-refractivity contribution in [2.24, 2.45) is 0 Å². The predicted molar refractivity (Wildman–Crippen MR) is 237 cm³/mol. The van der Waals surface area contributed by atoms with Crippen molar-refractivity contribution in [3.05, 3.63) is 34.4 Å². The molecule has 61 heavy (non-hydrogen) atoms. The van der Waals surface area contributed by atoms with Gasteiger partial charge in [-0.15, -0.1) is 9.93 Å². The zero-order chi connectivity index (χ0) is 45.5. The minimum absolute atomic E-state index is 0.0522. The molecule has 4 heterocycles. The SMILES string of the molecule is COc1cc2cc(c1Cl)N(C)C(=O)C[C@H](OC(=O)[C@H](C)N(C)C(=O)CCSCC(=O)NCCC[SH](C)(C)=O)[C@@]1(C)CC(C)(O1)[C@@H]1C[C@@](O)(NC(=O)O1)[C@H](OC)CC/C=C(\C)C2. The molecule has 0 saturated carbocycles. The van der Waals surface area contributed by atoms with Gasteiger partial charge in [-0.25, -0.2) is 9.59 Å². The lowest BCUT2D eigenvalue weighted by Gasteiger charge is -2.59. The third kappa shape index (κ3) is 13.1. The fourth-order valence-electron chi connectivity index (χ4n) is 8.07. The maximum Gasteiger partial charge on any atom is 0.409 e. The molecular formula is C42H65ClN4O12S2. The van der Waals surface area contributed by atoms with E-state index in [4.69, 9.17) is 35.3 Å². The van der Waals surface area contributed by atoms with Gasteiger partial charge in [0.2, 0.25) is 17.7 Å². The second-order valence-electron chi connectivity index (χ2n) is 17.3. The van der Waals surface area contributed by atoms with Crippen molar-refractivity contribution in [2.45, 2.75) is 120 Å². The van der Waals surface area contributed by atoms with Crippen LogP contribution in [-0.4, -0.2) is 150 Å². The van der Waals surface area contributed by atoms with E-state index in [1.807, 2.05) is 13.0 Å². The number of nitrogens with zero attached hydrogens (tertiary/aromatic N) is 2. The Kier molecular flexibility index (Phi) is 17.2. The first-order valence-electron chi connectivity index (χ1n) is 20.5. The van der Waals surface area contributed by atoms with Crippen LogP contribution in [0.1, 0.15) is 78.2 Å². The number of fused-ring (bicyclic) bond motifs is 7. The summed E-state index contributed by atoms with van der Waals surface area (Å²) in [6.07, 6.45) is 3.45. The quantitative estimate of drug-likeness (QED) is 0.0911. The average Bonchev–Trinajstić information content (AvgIpc) is 3.17. The van der Waals surface area contributed by atoms with E-state index in [1.165, 1.54) is 49.8 Å². The number of hydrogen-bond acceptors (Lipinski definition) is 13. The number of methoxy groups -OCH3 is 2. The third-order valence-electron chi connectivity index (χ3n) is 11.7. The molecule has 3 N–H and O–H groups in total. The Morgan fingerprint density at radius 3 is 2.51 bits per heavy atom. The van der Waals surface area contributed by atoms with Gasteiger partial charge in [0.15, 0.2) is 5.72 Å². The molecule has 16 nitrogen and oxygen atoms in total. The molecule has 5 rings (SSSR count). The Balaban J connectivity index is 1.55. The van der Waals surface area contributed by atoms with Crippen LogP contribution in [0.3, 0.4) is 0 Å². The monoisotopic (exact) mass is 916 g/mol. The average molecular weight is 918 g/mol. The van der Waals surface area contributed by atoms with Crippen LogP contribution in [0.15, 0.2) is 23.8 Å².